The van der Waals surface area contributed by atoms with Gasteiger partial charge in [-0.05, 0) is 31.5 Å². The van der Waals surface area contributed by atoms with Gasteiger partial charge in [-0.1, -0.05) is 24.2 Å². The zero-order chi connectivity index (χ0) is 15.8. The van der Waals surface area contributed by atoms with Crippen LogP contribution in [-0.4, -0.2) is 31.1 Å². The van der Waals surface area contributed by atoms with Gasteiger partial charge in [-0.15, -0.1) is 0 Å². The summed E-state index contributed by atoms with van der Waals surface area (Å²) in [5, 5.41) is 4.17. The first-order valence-corrected chi connectivity index (χ1v) is 8.23. The van der Waals surface area contributed by atoms with Gasteiger partial charge in [0.2, 0.25) is 5.89 Å². The molecule has 1 saturated heterocycles. The monoisotopic (exact) mass is 311 g/mol. The van der Waals surface area contributed by atoms with Crippen molar-refractivity contribution in [3.8, 4) is 0 Å². The van der Waals surface area contributed by atoms with Gasteiger partial charge in [-0.3, -0.25) is 4.90 Å². The van der Waals surface area contributed by atoms with Crippen LogP contribution in [0, 0.1) is 0 Å². The van der Waals surface area contributed by atoms with Crippen LogP contribution in [-0.2, 0) is 20.0 Å². The number of fused-ring (bicyclic) bond motifs is 1. The van der Waals surface area contributed by atoms with E-state index in [9.17, 15) is 0 Å². The SMILES string of the molecule is CCc1nc([C@H]2CCCN2Cc2nc3ccccc3n2C)no1. The Hall–Kier alpha value is -2.21. The summed E-state index contributed by atoms with van der Waals surface area (Å²) in [6, 6.07) is 8.49. The summed E-state index contributed by atoms with van der Waals surface area (Å²) in [6.07, 6.45) is 3.02. The van der Waals surface area contributed by atoms with Gasteiger partial charge < -0.3 is 9.09 Å². The number of aromatic nitrogens is 4. The lowest BCUT2D eigenvalue weighted by molar-refractivity contribution is 0.227. The van der Waals surface area contributed by atoms with Crippen molar-refractivity contribution in [3.63, 3.8) is 0 Å². The van der Waals surface area contributed by atoms with E-state index >= 15 is 0 Å². The van der Waals surface area contributed by atoms with E-state index in [1.165, 1.54) is 5.52 Å². The summed E-state index contributed by atoms with van der Waals surface area (Å²) >= 11 is 0. The molecule has 120 valence electrons. The van der Waals surface area contributed by atoms with Crippen LogP contribution in [0.25, 0.3) is 11.0 Å². The summed E-state index contributed by atoms with van der Waals surface area (Å²) in [6.45, 7) is 3.89. The highest BCUT2D eigenvalue weighted by Crippen LogP contribution is 2.31. The number of imidazole rings is 1. The predicted octanol–water partition coefficient (Wildman–Crippen LogP) is 2.86. The molecule has 23 heavy (non-hydrogen) atoms. The van der Waals surface area contributed by atoms with Crippen molar-refractivity contribution in [2.45, 2.75) is 38.8 Å². The number of nitrogens with zero attached hydrogens (tertiary/aromatic N) is 5. The minimum absolute atomic E-state index is 0.235. The molecule has 4 rings (SSSR count). The Kier molecular flexibility index (Phi) is 3.61. The molecular weight excluding hydrogens is 290 g/mol. The molecule has 1 fully saturated rings. The van der Waals surface area contributed by atoms with Gasteiger partial charge in [0, 0.05) is 13.5 Å². The van der Waals surface area contributed by atoms with Gasteiger partial charge in [-0.25, -0.2) is 4.98 Å². The van der Waals surface area contributed by atoms with Crippen molar-refractivity contribution in [2.75, 3.05) is 6.54 Å². The van der Waals surface area contributed by atoms with Crippen LogP contribution < -0.4 is 0 Å². The standard InChI is InChI=1S/C17H21N5O/c1-3-16-19-17(20-23-16)14-9-6-10-22(14)11-15-18-12-7-4-5-8-13(12)21(15)2/h4-5,7-8,14H,3,6,9-11H2,1-2H3/t14-/m1/s1. The molecule has 1 aliphatic heterocycles. The van der Waals surface area contributed by atoms with Crippen molar-refractivity contribution >= 4 is 11.0 Å². The molecule has 6 heteroatoms. The Morgan fingerprint density at radius 1 is 1.26 bits per heavy atom. The average Bonchev–Trinajstić information content (AvgIpc) is 3.28. The summed E-state index contributed by atoms with van der Waals surface area (Å²) in [5.74, 6) is 2.62. The summed E-state index contributed by atoms with van der Waals surface area (Å²) < 4.78 is 7.47. The second-order valence-electron chi connectivity index (χ2n) is 6.10. The lowest BCUT2D eigenvalue weighted by Crippen LogP contribution is -2.25. The maximum atomic E-state index is 5.29. The number of para-hydroxylation sites is 2. The quantitative estimate of drug-likeness (QED) is 0.741. The van der Waals surface area contributed by atoms with E-state index in [1.54, 1.807) is 0 Å². The van der Waals surface area contributed by atoms with Crippen LogP contribution in [0.4, 0.5) is 0 Å². The predicted molar refractivity (Wildman–Crippen MR) is 86.8 cm³/mol. The highest BCUT2D eigenvalue weighted by atomic mass is 16.5. The Balaban J connectivity index is 1.60. The fraction of sp³-hybridized carbons (Fsp3) is 0.471. The van der Waals surface area contributed by atoms with Crippen molar-refractivity contribution < 1.29 is 4.52 Å². The Labute approximate surface area is 135 Å². The first kappa shape index (κ1) is 14.4. The fourth-order valence-electron chi connectivity index (χ4n) is 3.37. The second kappa shape index (κ2) is 5.77. The number of rotatable bonds is 4. The molecule has 0 spiro atoms. The number of hydrogen-bond acceptors (Lipinski definition) is 5. The van der Waals surface area contributed by atoms with Gasteiger partial charge in [-0.2, -0.15) is 4.98 Å². The molecule has 0 bridgehead atoms. The van der Waals surface area contributed by atoms with E-state index in [0.717, 1.165) is 55.4 Å². The molecule has 6 nitrogen and oxygen atoms in total. The van der Waals surface area contributed by atoms with E-state index in [0.29, 0.717) is 0 Å². The van der Waals surface area contributed by atoms with Crippen LogP contribution >= 0.6 is 0 Å². The van der Waals surface area contributed by atoms with E-state index in [1.807, 2.05) is 13.0 Å². The third-order valence-electron chi connectivity index (χ3n) is 4.67. The van der Waals surface area contributed by atoms with Gasteiger partial charge in [0.05, 0.1) is 23.6 Å². The van der Waals surface area contributed by atoms with Crippen LogP contribution in [0.1, 0.15) is 43.3 Å². The molecule has 0 aliphatic carbocycles. The van der Waals surface area contributed by atoms with Gasteiger partial charge in [0.25, 0.3) is 0 Å². The van der Waals surface area contributed by atoms with E-state index < -0.39 is 0 Å². The molecule has 0 unspecified atom stereocenters. The Bertz CT molecular complexity index is 821. The minimum atomic E-state index is 0.235. The van der Waals surface area contributed by atoms with Gasteiger partial charge in [0.15, 0.2) is 5.82 Å². The highest BCUT2D eigenvalue weighted by molar-refractivity contribution is 5.75. The second-order valence-corrected chi connectivity index (χ2v) is 6.10. The molecule has 0 radical (unpaired) electrons. The zero-order valence-corrected chi connectivity index (χ0v) is 13.6. The number of benzene rings is 1. The summed E-state index contributed by atoms with van der Waals surface area (Å²) in [5.41, 5.74) is 2.22. The third kappa shape index (κ3) is 2.53. The lowest BCUT2D eigenvalue weighted by Gasteiger charge is -2.21. The van der Waals surface area contributed by atoms with Crippen LogP contribution in [0.15, 0.2) is 28.8 Å². The van der Waals surface area contributed by atoms with Crippen LogP contribution in [0.5, 0.6) is 0 Å². The van der Waals surface area contributed by atoms with Crippen molar-refractivity contribution in [2.24, 2.45) is 7.05 Å². The minimum Gasteiger partial charge on any atom is -0.339 e. The molecule has 1 aromatic carbocycles. The maximum Gasteiger partial charge on any atom is 0.226 e. The molecule has 1 atom stereocenters. The largest absolute Gasteiger partial charge is 0.339 e. The first-order valence-electron chi connectivity index (χ1n) is 8.23. The highest BCUT2D eigenvalue weighted by Gasteiger charge is 2.30. The van der Waals surface area contributed by atoms with Crippen molar-refractivity contribution in [3.05, 3.63) is 41.8 Å². The van der Waals surface area contributed by atoms with Crippen LogP contribution in [0.3, 0.4) is 0 Å². The molecule has 0 amide bonds. The topological polar surface area (TPSA) is 60.0 Å². The molecule has 3 heterocycles. The third-order valence-corrected chi connectivity index (χ3v) is 4.67. The van der Waals surface area contributed by atoms with Crippen LogP contribution in [0.2, 0.25) is 0 Å². The van der Waals surface area contributed by atoms with E-state index in [-0.39, 0.29) is 6.04 Å². The smallest absolute Gasteiger partial charge is 0.226 e. The summed E-state index contributed by atoms with van der Waals surface area (Å²) in [7, 11) is 2.08. The maximum absolute atomic E-state index is 5.29. The molecule has 0 N–H and O–H groups in total. The Morgan fingerprint density at radius 3 is 2.91 bits per heavy atom. The lowest BCUT2D eigenvalue weighted by atomic mass is 10.2. The normalized spacial score (nSPS) is 19.0. The van der Waals surface area contributed by atoms with Crippen molar-refractivity contribution in [1.82, 2.24) is 24.6 Å². The van der Waals surface area contributed by atoms with Gasteiger partial charge in [0.1, 0.15) is 5.82 Å². The van der Waals surface area contributed by atoms with E-state index in [4.69, 9.17) is 9.51 Å². The molecule has 2 aromatic heterocycles. The molecular formula is C17H21N5O. The first-order chi connectivity index (χ1) is 11.3. The molecule has 3 aromatic rings. The molecule has 1 aliphatic rings. The van der Waals surface area contributed by atoms with E-state index in [2.05, 4.69) is 44.9 Å². The van der Waals surface area contributed by atoms with Gasteiger partial charge >= 0.3 is 0 Å². The summed E-state index contributed by atoms with van der Waals surface area (Å²) in [4.78, 5) is 11.7. The number of likely N-dealkylation sites (tertiary alicyclic amines) is 1. The number of aryl methyl sites for hydroxylation is 2. The average molecular weight is 311 g/mol. The fourth-order valence-corrected chi connectivity index (χ4v) is 3.37. The number of hydrogen-bond donors (Lipinski definition) is 0. The van der Waals surface area contributed by atoms with Crippen molar-refractivity contribution in [1.29, 1.82) is 0 Å². The molecule has 0 saturated carbocycles. The Morgan fingerprint density at radius 2 is 2.13 bits per heavy atom. The zero-order valence-electron chi connectivity index (χ0n) is 13.6.